The molecule has 0 saturated carbocycles. The molecule has 0 aliphatic rings. The van der Waals surface area contributed by atoms with E-state index in [2.05, 4.69) is 6.92 Å². The number of carboxylic acid groups (broad SMARTS) is 2. The first-order chi connectivity index (χ1) is 14.6. The molecule has 0 radical (unpaired) electrons. The van der Waals surface area contributed by atoms with E-state index < -0.39 is 11.9 Å². The van der Waals surface area contributed by atoms with Crippen LogP contribution in [0.15, 0.2) is 18.2 Å². The summed E-state index contributed by atoms with van der Waals surface area (Å²) in [5.74, 6) is -2.33. The van der Waals surface area contributed by atoms with Crippen LogP contribution in [0.3, 0.4) is 0 Å². The van der Waals surface area contributed by atoms with Crippen LogP contribution in [-0.2, 0) is 6.42 Å². The van der Waals surface area contributed by atoms with Crippen molar-refractivity contribution >= 4 is 41.5 Å². The molecule has 0 amide bonds. The molecule has 31 heavy (non-hydrogen) atoms. The van der Waals surface area contributed by atoms with E-state index in [-0.39, 0.29) is 40.7 Å². The van der Waals surface area contributed by atoms with Gasteiger partial charge in [-0.15, -0.1) is 0 Å². The van der Waals surface area contributed by atoms with Gasteiger partial charge in [-0.05, 0) is 24.5 Å². The fraction of sp³-hybridized carbons (Fsp3) is 0.692. The van der Waals surface area contributed by atoms with E-state index >= 15 is 0 Å². The molecular weight excluding hydrogens is 399 g/mol. The van der Waals surface area contributed by atoms with Crippen molar-refractivity contribution in [3.63, 3.8) is 0 Å². The van der Waals surface area contributed by atoms with Crippen molar-refractivity contribution in [2.45, 2.75) is 116 Å². The number of hydrogen-bond acceptors (Lipinski definition) is 2. The summed E-state index contributed by atoms with van der Waals surface area (Å²) in [5, 5.41) is 18.6. The zero-order valence-electron chi connectivity index (χ0n) is 19.0. The van der Waals surface area contributed by atoms with E-state index in [4.69, 9.17) is 0 Å². The van der Waals surface area contributed by atoms with Crippen LogP contribution in [0.2, 0.25) is 0 Å². The van der Waals surface area contributed by atoms with Crippen LogP contribution in [0, 0.1) is 0 Å². The third-order valence-corrected chi connectivity index (χ3v) is 5.89. The SMILES string of the molecule is CCCCCCCCCCCCCCCCCCc1cccc(C(=O)O)c1C(=O)O.[NaH]. The van der Waals surface area contributed by atoms with Gasteiger partial charge in [0.25, 0.3) is 0 Å². The minimum absolute atomic E-state index is 0. The molecule has 0 aliphatic heterocycles. The molecule has 0 fully saturated rings. The van der Waals surface area contributed by atoms with E-state index in [0.29, 0.717) is 12.0 Å². The van der Waals surface area contributed by atoms with Crippen molar-refractivity contribution in [1.29, 1.82) is 0 Å². The number of hydrogen-bond donors (Lipinski definition) is 2. The Morgan fingerprint density at radius 3 is 1.45 bits per heavy atom. The van der Waals surface area contributed by atoms with Gasteiger partial charge in [0.05, 0.1) is 11.1 Å². The summed E-state index contributed by atoms with van der Waals surface area (Å²) in [4.78, 5) is 22.7. The van der Waals surface area contributed by atoms with Crippen LogP contribution in [-0.4, -0.2) is 51.7 Å². The molecule has 0 unspecified atom stereocenters. The van der Waals surface area contributed by atoms with E-state index in [1.54, 1.807) is 12.1 Å². The number of aromatic carboxylic acids is 2. The second kappa shape index (κ2) is 19.8. The molecule has 0 bridgehead atoms. The van der Waals surface area contributed by atoms with Gasteiger partial charge < -0.3 is 10.2 Å². The maximum atomic E-state index is 11.5. The van der Waals surface area contributed by atoms with Gasteiger partial charge in [0.15, 0.2) is 0 Å². The number of rotatable bonds is 19. The molecule has 0 aliphatic carbocycles. The third-order valence-electron chi connectivity index (χ3n) is 5.89. The second-order valence-corrected chi connectivity index (χ2v) is 8.50. The Hall–Kier alpha value is -0.840. The van der Waals surface area contributed by atoms with Crippen molar-refractivity contribution in [2.24, 2.45) is 0 Å². The maximum absolute atomic E-state index is 11.5. The fourth-order valence-corrected chi connectivity index (χ4v) is 4.10. The minimum atomic E-state index is -1.18. The van der Waals surface area contributed by atoms with Crippen LogP contribution in [0.5, 0.6) is 0 Å². The molecule has 0 spiro atoms. The van der Waals surface area contributed by atoms with Gasteiger partial charge in [0.2, 0.25) is 0 Å². The van der Waals surface area contributed by atoms with Crippen molar-refractivity contribution in [3.05, 3.63) is 34.9 Å². The van der Waals surface area contributed by atoms with E-state index in [1.807, 2.05) is 0 Å². The number of unbranched alkanes of at least 4 members (excludes halogenated alkanes) is 15. The Labute approximate surface area is 211 Å². The average Bonchev–Trinajstić information content (AvgIpc) is 2.73. The van der Waals surface area contributed by atoms with Gasteiger partial charge in [-0.3, -0.25) is 0 Å². The van der Waals surface area contributed by atoms with E-state index in [0.717, 1.165) is 12.8 Å². The van der Waals surface area contributed by atoms with Crippen LogP contribution in [0.1, 0.15) is 136 Å². The molecule has 1 aromatic carbocycles. The van der Waals surface area contributed by atoms with Crippen molar-refractivity contribution in [1.82, 2.24) is 0 Å². The summed E-state index contributed by atoms with van der Waals surface area (Å²) in [6.45, 7) is 2.26. The van der Waals surface area contributed by atoms with Gasteiger partial charge in [-0.25, -0.2) is 9.59 Å². The quantitative estimate of drug-likeness (QED) is 0.175. The average molecular weight is 443 g/mol. The first kappa shape index (κ1) is 30.2. The molecule has 172 valence electrons. The van der Waals surface area contributed by atoms with E-state index in [1.165, 1.54) is 96.0 Å². The molecule has 5 heteroatoms. The Bertz CT molecular complexity index is 615. The van der Waals surface area contributed by atoms with Crippen molar-refractivity contribution in [2.75, 3.05) is 0 Å². The predicted molar refractivity (Wildman–Crippen MR) is 131 cm³/mol. The van der Waals surface area contributed by atoms with Crippen molar-refractivity contribution in [3.8, 4) is 0 Å². The molecule has 2 N–H and O–H groups in total. The van der Waals surface area contributed by atoms with Gasteiger partial charge in [-0.2, -0.15) is 0 Å². The molecule has 0 saturated heterocycles. The second-order valence-electron chi connectivity index (χ2n) is 8.50. The standard InChI is InChI=1S/C26H42O4.Na.H/c1-2-3-4-5-6-7-8-9-10-11-12-13-14-15-16-17-19-22-20-18-21-23(25(27)28)24(22)26(29)30;;/h18,20-21H,2-17,19H2,1H3,(H,27,28)(H,29,30);;. The molecular formula is C26H43NaO4. The Morgan fingerprint density at radius 1 is 0.645 bits per heavy atom. The number of benzene rings is 1. The summed E-state index contributed by atoms with van der Waals surface area (Å²) in [6, 6.07) is 4.74. The number of carboxylic acids is 2. The molecule has 0 aromatic heterocycles. The summed E-state index contributed by atoms with van der Waals surface area (Å²) < 4.78 is 0. The topological polar surface area (TPSA) is 74.6 Å². The van der Waals surface area contributed by atoms with Gasteiger partial charge in [0.1, 0.15) is 0 Å². The van der Waals surface area contributed by atoms with Crippen LogP contribution >= 0.6 is 0 Å². The van der Waals surface area contributed by atoms with Gasteiger partial charge >= 0.3 is 41.5 Å². The van der Waals surface area contributed by atoms with Gasteiger partial charge in [-0.1, -0.05) is 115 Å². The predicted octanol–water partition coefficient (Wildman–Crippen LogP) is 7.24. The molecule has 0 heterocycles. The first-order valence-corrected chi connectivity index (χ1v) is 12.2. The Morgan fingerprint density at radius 2 is 1.06 bits per heavy atom. The van der Waals surface area contributed by atoms with E-state index in [9.17, 15) is 19.8 Å². The van der Waals surface area contributed by atoms with Crippen LogP contribution in [0.25, 0.3) is 0 Å². The monoisotopic (exact) mass is 442 g/mol. The molecule has 1 rings (SSSR count). The first-order valence-electron chi connectivity index (χ1n) is 12.2. The fourth-order valence-electron chi connectivity index (χ4n) is 4.10. The van der Waals surface area contributed by atoms with Gasteiger partial charge in [0, 0.05) is 0 Å². The van der Waals surface area contributed by atoms with Crippen LogP contribution < -0.4 is 0 Å². The third kappa shape index (κ3) is 14.0. The zero-order chi connectivity index (χ0) is 22.0. The molecule has 4 nitrogen and oxygen atoms in total. The van der Waals surface area contributed by atoms with Crippen LogP contribution in [0.4, 0.5) is 0 Å². The summed E-state index contributed by atoms with van der Waals surface area (Å²) in [5.41, 5.74) is 0.468. The molecule has 1 aromatic rings. The summed E-state index contributed by atoms with van der Waals surface area (Å²) >= 11 is 0. The van der Waals surface area contributed by atoms with Crippen molar-refractivity contribution < 1.29 is 19.8 Å². The number of aryl methyl sites for hydroxylation is 1. The Balaban J connectivity index is 0.00000900. The normalized spacial score (nSPS) is 10.6. The summed E-state index contributed by atoms with van der Waals surface area (Å²) in [7, 11) is 0. The Kier molecular flexibility index (Phi) is 19.3. The molecule has 0 atom stereocenters. The summed E-state index contributed by atoms with van der Waals surface area (Å²) in [6.07, 6.45) is 21.4. The number of carbonyl (C=O) groups is 2. The zero-order valence-corrected chi connectivity index (χ0v) is 19.0.